The van der Waals surface area contributed by atoms with E-state index in [0.717, 1.165) is 18.8 Å². The van der Waals surface area contributed by atoms with Crippen LogP contribution in [0.5, 0.6) is 0 Å². The molecule has 0 aromatic carbocycles. The first kappa shape index (κ1) is 17.7. The summed E-state index contributed by atoms with van der Waals surface area (Å²) >= 11 is 0. The second-order valence-electron chi connectivity index (χ2n) is 5.03. The van der Waals surface area contributed by atoms with Gasteiger partial charge in [0.15, 0.2) is 5.82 Å². The van der Waals surface area contributed by atoms with Crippen LogP contribution in [0.4, 0.5) is 11.6 Å². The summed E-state index contributed by atoms with van der Waals surface area (Å²) in [5.41, 5.74) is 2.56. The Morgan fingerprint density at radius 2 is 1.76 bits per heavy atom. The third kappa shape index (κ3) is 7.82. The summed E-state index contributed by atoms with van der Waals surface area (Å²) in [6.07, 6.45) is 7.68. The van der Waals surface area contributed by atoms with Crippen molar-refractivity contribution in [2.75, 3.05) is 23.9 Å². The van der Waals surface area contributed by atoms with Crippen LogP contribution in [0.3, 0.4) is 0 Å². The number of aromatic nitrogens is 2. The van der Waals surface area contributed by atoms with Crippen molar-refractivity contribution in [1.29, 1.82) is 0 Å². The molecule has 0 aliphatic carbocycles. The number of anilines is 2. The van der Waals surface area contributed by atoms with E-state index >= 15 is 0 Å². The Kier molecular flexibility index (Phi) is 9.48. The molecule has 4 N–H and O–H groups in total. The van der Waals surface area contributed by atoms with E-state index in [-0.39, 0.29) is 0 Å². The Labute approximate surface area is 127 Å². The summed E-state index contributed by atoms with van der Waals surface area (Å²) in [5, 5.41) is 3.32. The van der Waals surface area contributed by atoms with Crippen LogP contribution < -0.4 is 16.6 Å². The third-order valence-electron chi connectivity index (χ3n) is 3.19. The van der Waals surface area contributed by atoms with Gasteiger partial charge in [-0.05, 0) is 13.3 Å². The van der Waals surface area contributed by atoms with Gasteiger partial charge in [-0.3, -0.25) is 0 Å². The standard InChI is InChI=1S/C15H29N5O/c1-3-5-6-7-8-9-10-17-13-11-14(20-16)19-15(18-13)12-21-4-2/h11H,3-10,12,16H2,1-2H3,(H2,17,18,19,20). The maximum atomic E-state index is 5.43. The van der Waals surface area contributed by atoms with Gasteiger partial charge in [0.25, 0.3) is 0 Å². The van der Waals surface area contributed by atoms with Gasteiger partial charge in [-0.1, -0.05) is 39.0 Å². The van der Waals surface area contributed by atoms with Crippen molar-refractivity contribution < 1.29 is 4.74 Å². The fraction of sp³-hybridized carbons (Fsp3) is 0.733. The van der Waals surface area contributed by atoms with Gasteiger partial charge in [0.2, 0.25) is 0 Å². The average Bonchev–Trinajstić information content (AvgIpc) is 2.51. The highest BCUT2D eigenvalue weighted by atomic mass is 16.5. The third-order valence-corrected chi connectivity index (χ3v) is 3.19. The lowest BCUT2D eigenvalue weighted by Crippen LogP contribution is -2.13. The Bertz CT molecular complexity index is 386. The van der Waals surface area contributed by atoms with E-state index in [1.807, 2.05) is 13.0 Å². The van der Waals surface area contributed by atoms with Crippen LogP contribution >= 0.6 is 0 Å². The van der Waals surface area contributed by atoms with Gasteiger partial charge in [0, 0.05) is 19.2 Å². The molecule has 6 nitrogen and oxygen atoms in total. The molecule has 0 saturated heterocycles. The fourth-order valence-electron chi connectivity index (χ4n) is 2.04. The minimum atomic E-state index is 0.401. The molecule has 0 spiro atoms. The number of unbranched alkanes of at least 4 members (excludes halogenated alkanes) is 5. The van der Waals surface area contributed by atoms with E-state index in [0.29, 0.717) is 24.9 Å². The topological polar surface area (TPSA) is 85.1 Å². The van der Waals surface area contributed by atoms with Crippen LogP contribution in [0.15, 0.2) is 6.07 Å². The Balaban J connectivity index is 2.35. The molecule has 120 valence electrons. The fourth-order valence-corrected chi connectivity index (χ4v) is 2.04. The summed E-state index contributed by atoms with van der Waals surface area (Å²) in [5.74, 6) is 7.46. The monoisotopic (exact) mass is 295 g/mol. The first-order valence-electron chi connectivity index (χ1n) is 7.96. The zero-order chi connectivity index (χ0) is 15.3. The molecule has 0 bridgehead atoms. The Morgan fingerprint density at radius 3 is 2.48 bits per heavy atom. The molecule has 0 saturated carbocycles. The number of rotatable bonds is 12. The Hall–Kier alpha value is -1.40. The summed E-state index contributed by atoms with van der Waals surface area (Å²) in [7, 11) is 0. The number of nitrogens with one attached hydrogen (secondary N) is 2. The zero-order valence-corrected chi connectivity index (χ0v) is 13.3. The normalized spacial score (nSPS) is 10.6. The quantitative estimate of drug-likeness (QED) is 0.312. The van der Waals surface area contributed by atoms with Gasteiger partial charge < -0.3 is 15.5 Å². The number of hydrazine groups is 1. The molecule has 0 radical (unpaired) electrons. The van der Waals surface area contributed by atoms with Crippen LogP contribution in [0, 0.1) is 0 Å². The molecule has 1 aromatic rings. The number of nitrogen functional groups attached to an aromatic ring is 1. The summed E-state index contributed by atoms with van der Waals surface area (Å²) in [4.78, 5) is 8.68. The highest BCUT2D eigenvalue weighted by Gasteiger charge is 2.04. The smallest absolute Gasteiger partial charge is 0.158 e. The molecule has 21 heavy (non-hydrogen) atoms. The van der Waals surface area contributed by atoms with Gasteiger partial charge in [-0.2, -0.15) is 0 Å². The number of nitrogens with zero attached hydrogens (tertiary/aromatic N) is 2. The van der Waals surface area contributed by atoms with Crippen molar-refractivity contribution in [3.63, 3.8) is 0 Å². The molecule has 6 heteroatoms. The molecule has 0 fully saturated rings. The first-order valence-corrected chi connectivity index (χ1v) is 7.96. The van der Waals surface area contributed by atoms with E-state index < -0.39 is 0 Å². The maximum Gasteiger partial charge on any atom is 0.158 e. The maximum absolute atomic E-state index is 5.43. The van der Waals surface area contributed by atoms with Crippen molar-refractivity contribution in [2.45, 2.75) is 59.0 Å². The second kappa shape index (κ2) is 11.3. The van der Waals surface area contributed by atoms with E-state index in [1.165, 1.54) is 32.1 Å². The first-order chi connectivity index (χ1) is 10.3. The van der Waals surface area contributed by atoms with Crippen LogP contribution in [0.25, 0.3) is 0 Å². The van der Waals surface area contributed by atoms with E-state index in [4.69, 9.17) is 10.6 Å². The molecule has 1 rings (SSSR count). The lowest BCUT2D eigenvalue weighted by molar-refractivity contribution is 0.128. The van der Waals surface area contributed by atoms with Crippen LogP contribution in [-0.4, -0.2) is 23.1 Å². The minimum absolute atomic E-state index is 0.401. The van der Waals surface area contributed by atoms with E-state index in [2.05, 4.69) is 27.6 Å². The molecule has 0 atom stereocenters. The molecular formula is C15H29N5O. The van der Waals surface area contributed by atoms with Crippen molar-refractivity contribution in [1.82, 2.24) is 9.97 Å². The van der Waals surface area contributed by atoms with Crippen molar-refractivity contribution in [3.8, 4) is 0 Å². The SMILES string of the molecule is CCCCCCCCNc1cc(NN)nc(COCC)n1. The summed E-state index contributed by atoms with van der Waals surface area (Å²) in [6, 6.07) is 1.81. The molecule has 1 heterocycles. The average molecular weight is 295 g/mol. The van der Waals surface area contributed by atoms with Crippen LogP contribution in [0.1, 0.15) is 58.2 Å². The lowest BCUT2D eigenvalue weighted by atomic mass is 10.1. The minimum Gasteiger partial charge on any atom is -0.374 e. The molecular weight excluding hydrogens is 266 g/mol. The lowest BCUT2D eigenvalue weighted by Gasteiger charge is -2.09. The summed E-state index contributed by atoms with van der Waals surface area (Å²) in [6.45, 7) is 6.14. The molecule has 0 unspecified atom stereocenters. The highest BCUT2D eigenvalue weighted by Crippen LogP contribution is 2.12. The largest absolute Gasteiger partial charge is 0.374 e. The summed E-state index contributed by atoms with van der Waals surface area (Å²) < 4.78 is 5.33. The highest BCUT2D eigenvalue weighted by molar-refractivity contribution is 5.46. The van der Waals surface area contributed by atoms with Gasteiger partial charge in [-0.25, -0.2) is 15.8 Å². The van der Waals surface area contributed by atoms with Gasteiger partial charge in [-0.15, -0.1) is 0 Å². The van der Waals surface area contributed by atoms with Crippen molar-refractivity contribution in [2.24, 2.45) is 5.84 Å². The van der Waals surface area contributed by atoms with Crippen molar-refractivity contribution in [3.05, 3.63) is 11.9 Å². The van der Waals surface area contributed by atoms with Gasteiger partial charge in [0.1, 0.15) is 18.2 Å². The molecule has 1 aromatic heterocycles. The molecule has 0 aliphatic heterocycles. The van der Waals surface area contributed by atoms with E-state index in [1.54, 1.807) is 0 Å². The Morgan fingerprint density at radius 1 is 1.05 bits per heavy atom. The van der Waals surface area contributed by atoms with Gasteiger partial charge in [0.05, 0.1) is 0 Å². The number of ether oxygens (including phenoxy) is 1. The molecule has 0 amide bonds. The van der Waals surface area contributed by atoms with E-state index in [9.17, 15) is 0 Å². The predicted molar refractivity (Wildman–Crippen MR) is 87.0 cm³/mol. The van der Waals surface area contributed by atoms with Crippen LogP contribution in [0.2, 0.25) is 0 Å². The number of hydrogen-bond acceptors (Lipinski definition) is 6. The predicted octanol–water partition coefficient (Wildman–Crippen LogP) is 3.07. The van der Waals surface area contributed by atoms with Crippen LogP contribution in [-0.2, 0) is 11.3 Å². The second-order valence-corrected chi connectivity index (χ2v) is 5.03. The zero-order valence-electron chi connectivity index (χ0n) is 13.3. The molecule has 0 aliphatic rings. The number of nitrogens with two attached hydrogens (primary N) is 1. The number of hydrogen-bond donors (Lipinski definition) is 3. The van der Waals surface area contributed by atoms with Crippen molar-refractivity contribution >= 4 is 11.6 Å². The van der Waals surface area contributed by atoms with Gasteiger partial charge >= 0.3 is 0 Å².